The number of anilines is 1. The summed E-state index contributed by atoms with van der Waals surface area (Å²) < 4.78 is 13.5. The van der Waals surface area contributed by atoms with Gasteiger partial charge >= 0.3 is 0 Å². The Morgan fingerprint density at radius 2 is 1.97 bits per heavy atom. The van der Waals surface area contributed by atoms with Crippen molar-refractivity contribution in [1.29, 1.82) is 0 Å². The molecule has 1 atom stereocenters. The SMILES string of the molecule is CCc1cc(C(=O)N2CCC(N(C)C)C2)c(/C=C2\C(=O)Nc3cccc(-c4ccc(F)cc4)c32)[nH]1. The van der Waals surface area contributed by atoms with Crippen LogP contribution in [-0.2, 0) is 11.2 Å². The molecule has 3 heterocycles. The lowest BCUT2D eigenvalue weighted by molar-refractivity contribution is -0.110. The Morgan fingerprint density at radius 3 is 2.66 bits per heavy atom. The summed E-state index contributed by atoms with van der Waals surface area (Å²) in [4.78, 5) is 34.0. The summed E-state index contributed by atoms with van der Waals surface area (Å²) in [5.74, 6) is -0.566. The molecule has 6 nitrogen and oxygen atoms in total. The first-order valence-corrected chi connectivity index (χ1v) is 12.0. The average Bonchev–Trinajstić information content (AvgIpc) is 3.57. The van der Waals surface area contributed by atoms with Gasteiger partial charge in [-0.3, -0.25) is 9.59 Å². The van der Waals surface area contributed by atoms with Gasteiger partial charge in [0.25, 0.3) is 11.8 Å². The van der Waals surface area contributed by atoms with E-state index in [-0.39, 0.29) is 17.6 Å². The standard InChI is InChI=1S/C28H29FN4O2/c1-4-19-14-22(28(35)33-13-12-20(16-33)32(2)3)25(30-19)15-23-26-21(17-8-10-18(29)11-9-17)6-5-7-24(26)31-27(23)34/h5-11,14-15,20,30H,4,12-13,16H2,1-3H3,(H,31,34)/b23-15-. The van der Waals surface area contributed by atoms with Crippen molar-refractivity contribution in [2.75, 3.05) is 32.5 Å². The zero-order chi connectivity index (χ0) is 24.7. The van der Waals surface area contributed by atoms with Gasteiger partial charge in [0.05, 0.1) is 16.8 Å². The molecule has 2 aromatic carbocycles. The van der Waals surface area contributed by atoms with E-state index < -0.39 is 0 Å². The fourth-order valence-corrected chi connectivity index (χ4v) is 4.93. The molecule has 2 N–H and O–H groups in total. The Morgan fingerprint density at radius 1 is 1.20 bits per heavy atom. The molecule has 1 aromatic heterocycles. The van der Waals surface area contributed by atoms with Gasteiger partial charge < -0.3 is 20.1 Å². The number of carbonyl (C=O) groups is 2. The number of likely N-dealkylation sites (N-methyl/N-ethyl adjacent to an activating group) is 1. The number of H-pyrrole nitrogens is 1. The van der Waals surface area contributed by atoms with Crippen LogP contribution in [-0.4, -0.2) is 59.8 Å². The van der Waals surface area contributed by atoms with Gasteiger partial charge in [-0.15, -0.1) is 0 Å². The van der Waals surface area contributed by atoms with Crippen molar-refractivity contribution in [3.8, 4) is 11.1 Å². The number of aromatic amines is 1. The first-order chi connectivity index (χ1) is 16.9. The number of likely N-dealkylation sites (tertiary alicyclic amines) is 1. The van der Waals surface area contributed by atoms with Crippen molar-refractivity contribution in [1.82, 2.24) is 14.8 Å². The number of nitrogens with zero attached hydrogens (tertiary/aromatic N) is 2. The van der Waals surface area contributed by atoms with Gasteiger partial charge in [-0.2, -0.15) is 0 Å². The Balaban J connectivity index is 1.57. The summed E-state index contributed by atoms with van der Waals surface area (Å²) in [6, 6.07) is 14.1. The molecular weight excluding hydrogens is 443 g/mol. The minimum absolute atomic E-state index is 0.0254. The molecule has 0 radical (unpaired) electrons. The second-order valence-electron chi connectivity index (χ2n) is 9.38. The van der Waals surface area contributed by atoms with E-state index in [0.717, 1.165) is 35.2 Å². The predicted molar refractivity (Wildman–Crippen MR) is 137 cm³/mol. The summed E-state index contributed by atoms with van der Waals surface area (Å²) >= 11 is 0. The summed E-state index contributed by atoms with van der Waals surface area (Å²) in [6.07, 6.45) is 3.46. The van der Waals surface area contributed by atoms with Crippen LogP contribution < -0.4 is 5.32 Å². The molecular formula is C28H29FN4O2. The number of fused-ring (bicyclic) bond motifs is 1. The molecule has 0 saturated carbocycles. The molecule has 35 heavy (non-hydrogen) atoms. The summed E-state index contributed by atoms with van der Waals surface area (Å²) in [5.41, 5.74) is 5.72. The Labute approximate surface area is 204 Å². The van der Waals surface area contributed by atoms with E-state index in [0.29, 0.717) is 41.6 Å². The molecule has 3 aromatic rings. The second kappa shape index (κ2) is 9.15. The molecule has 0 spiro atoms. The number of aryl methyl sites for hydroxylation is 1. The van der Waals surface area contributed by atoms with Crippen molar-refractivity contribution >= 4 is 29.2 Å². The minimum Gasteiger partial charge on any atom is -0.358 e. The lowest BCUT2D eigenvalue weighted by Crippen LogP contribution is -2.34. The van der Waals surface area contributed by atoms with Crippen molar-refractivity contribution in [3.05, 3.63) is 76.9 Å². The monoisotopic (exact) mass is 472 g/mol. The van der Waals surface area contributed by atoms with Gasteiger partial charge in [-0.1, -0.05) is 31.2 Å². The molecule has 1 fully saturated rings. The first-order valence-electron chi connectivity index (χ1n) is 12.0. The Hall–Kier alpha value is -3.71. The van der Waals surface area contributed by atoms with Crippen LogP contribution >= 0.6 is 0 Å². The number of halogens is 1. The third-order valence-electron chi connectivity index (χ3n) is 6.97. The van der Waals surface area contributed by atoms with E-state index >= 15 is 0 Å². The average molecular weight is 473 g/mol. The molecule has 0 bridgehead atoms. The molecule has 1 unspecified atom stereocenters. The first kappa shape index (κ1) is 23.1. The fraction of sp³-hybridized carbons (Fsp3) is 0.286. The van der Waals surface area contributed by atoms with Crippen molar-refractivity contribution in [3.63, 3.8) is 0 Å². The molecule has 180 valence electrons. The molecule has 2 amide bonds. The van der Waals surface area contributed by atoms with Crippen LogP contribution in [0.2, 0.25) is 0 Å². The lowest BCUT2D eigenvalue weighted by Gasteiger charge is -2.20. The summed E-state index contributed by atoms with van der Waals surface area (Å²) in [7, 11) is 4.07. The van der Waals surface area contributed by atoms with Gasteiger partial charge in [0, 0.05) is 36.1 Å². The van der Waals surface area contributed by atoms with E-state index in [2.05, 4.69) is 15.2 Å². The van der Waals surface area contributed by atoms with E-state index in [4.69, 9.17) is 0 Å². The number of carbonyl (C=O) groups excluding carboxylic acids is 2. The number of benzene rings is 2. The third-order valence-corrected chi connectivity index (χ3v) is 6.97. The topological polar surface area (TPSA) is 68.4 Å². The highest BCUT2D eigenvalue weighted by Crippen LogP contribution is 2.40. The number of hydrogen-bond donors (Lipinski definition) is 2. The number of nitrogens with one attached hydrogen (secondary N) is 2. The molecule has 7 heteroatoms. The number of hydrogen-bond acceptors (Lipinski definition) is 3. The van der Waals surface area contributed by atoms with E-state index in [1.165, 1.54) is 12.1 Å². The maximum absolute atomic E-state index is 13.5. The number of amides is 2. The van der Waals surface area contributed by atoms with Crippen LogP contribution in [0.5, 0.6) is 0 Å². The number of rotatable bonds is 5. The highest BCUT2D eigenvalue weighted by molar-refractivity contribution is 6.36. The third kappa shape index (κ3) is 4.28. The lowest BCUT2D eigenvalue weighted by atomic mass is 9.94. The van der Waals surface area contributed by atoms with Gasteiger partial charge in [-0.25, -0.2) is 4.39 Å². The van der Waals surface area contributed by atoms with Crippen molar-refractivity contribution < 1.29 is 14.0 Å². The van der Waals surface area contributed by atoms with Gasteiger partial charge in [-0.05, 0) is 68.4 Å². The van der Waals surface area contributed by atoms with Crippen LogP contribution in [0, 0.1) is 5.82 Å². The largest absolute Gasteiger partial charge is 0.358 e. The van der Waals surface area contributed by atoms with Crippen molar-refractivity contribution in [2.24, 2.45) is 0 Å². The van der Waals surface area contributed by atoms with Crippen LogP contribution in [0.3, 0.4) is 0 Å². The fourth-order valence-electron chi connectivity index (χ4n) is 4.93. The van der Waals surface area contributed by atoms with E-state index in [1.807, 2.05) is 50.2 Å². The molecule has 2 aliphatic heterocycles. The molecule has 5 rings (SSSR count). The quantitative estimate of drug-likeness (QED) is 0.531. The van der Waals surface area contributed by atoms with Crippen molar-refractivity contribution in [2.45, 2.75) is 25.8 Å². The van der Waals surface area contributed by atoms with E-state index in [9.17, 15) is 14.0 Å². The zero-order valence-electron chi connectivity index (χ0n) is 20.2. The summed E-state index contributed by atoms with van der Waals surface area (Å²) in [5, 5.41) is 2.94. The maximum Gasteiger partial charge on any atom is 0.256 e. The zero-order valence-corrected chi connectivity index (χ0v) is 20.2. The Kier molecular flexibility index (Phi) is 6.03. The molecule has 0 aliphatic carbocycles. The predicted octanol–water partition coefficient (Wildman–Crippen LogP) is 4.65. The van der Waals surface area contributed by atoms with E-state index in [1.54, 1.807) is 18.2 Å². The van der Waals surface area contributed by atoms with Crippen LogP contribution in [0.1, 0.15) is 40.7 Å². The summed E-state index contributed by atoms with van der Waals surface area (Å²) in [6.45, 7) is 3.42. The van der Waals surface area contributed by atoms with Crippen LogP contribution in [0.25, 0.3) is 22.8 Å². The minimum atomic E-state index is -0.314. The number of aromatic nitrogens is 1. The van der Waals surface area contributed by atoms with Crippen LogP contribution in [0.4, 0.5) is 10.1 Å². The van der Waals surface area contributed by atoms with Gasteiger partial charge in [0.2, 0.25) is 0 Å². The Bertz CT molecular complexity index is 1320. The van der Waals surface area contributed by atoms with Gasteiger partial charge in [0.1, 0.15) is 5.82 Å². The van der Waals surface area contributed by atoms with Crippen LogP contribution in [0.15, 0.2) is 48.5 Å². The van der Waals surface area contributed by atoms with Gasteiger partial charge in [0.15, 0.2) is 0 Å². The molecule has 2 aliphatic rings. The highest BCUT2D eigenvalue weighted by atomic mass is 19.1. The molecule has 1 saturated heterocycles. The normalized spacial score (nSPS) is 18.4. The smallest absolute Gasteiger partial charge is 0.256 e. The second-order valence-corrected chi connectivity index (χ2v) is 9.38. The maximum atomic E-state index is 13.5. The highest BCUT2D eigenvalue weighted by Gasteiger charge is 2.31.